The average Bonchev–Trinajstić information content (AvgIpc) is 2.18. The van der Waals surface area contributed by atoms with Gasteiger partial charge in [-0.25, -0.2) is 14.5 Å². The molecule has 0 atom stereocenters. The van der Waals surface area contributed by atoms with Crippen LogP contribution in [0.2, 0.25) is 0 Å². The van der Waals surface area contributed by atoms with Crippen molar-refractivity contribution in [2.75, 3.05) is 0 Å². The van der Waals surface area contributed by atoms with E-state index in [0.717, 1.165) is 0 Å². The third-order valence-corrected chi connectivity index (χ3v) is 1.22. The molecule has 0 unspecified atom stereocenters. The zero-order valence-corrected chi connectivity index (χ0v) is 6.88. The van der Waals surface area contributed by atoms with Gasteiger partial charge >= 0.3 is 12.1 Å². The summed E-state index contributed by atoms with van der Waals surface area (Å²) >= 11 is 0. The van der Waals surface area contributed by atoms with E-state index in [2.05, 4.69) is 14.8 Å². The molecular formula is C8H6O6. The predicted octanol–water partition coefficient (Wildman–Crippen LogP) is 1.38. The highest BCUT2D eigenvalue weighted by Gasteiger charge is 2.08. The Kier molecular flexibility index (Phi) is 3.45. The fourth-order valence-corrected chi connectivity index (χ4v) is 0.699. The highest BCUT2D eigenvalue weighted by Crippen LogP contribution is 2.01. The maximum absolute atomic E-state index is 11.0. The summed E-state index contributed by atoms with van der Waals surface area (Å²) in [5.41, 5.74) is 0.224. The molecule has 1 aromatic carbocycles. The van der Waals surface area contributed by atoms with Crippen molar-refractivity contribution >= 4 is 12.1 Å². The predicted molar refractivity (Wildman–Crippen MR) is 42.1 cm³/mol. The Balaban J connectivity index is 2.40. The molecule has 0 bridgehead atoms. The first-order valence-electron chi connectivity index (χ1n) is 3.53. The summed E-state index contributed by atoms with van der Waals surface area (Å²) in [6.07, 6.45) is -1.70. The lowest BCUT2D eigenvalue weighted by Gasteiger charge is -1.98. The van der Waals surface area contributed by atoms with Crippen LogP contribution in [0.25, 0.3) is 0 Å². The molecule has 74 valence electrons. The quantitative estimate of drug-likeness (QED) is 0.583. The first kappa shape index (κ1) is 10.0. The Morgan fingerprint density at radius 3 is 2.29 bits per heavy atom. The molecule has 14 heavy (non-hydrogen) atoms. The SMILES string of the molecule is O=C(O)OOOC(=O)c1ccccc1. The Labute approximate surface area is 78.5 Å². The summed E-state index contributed by atoms with van der Waals surface area (Å²) < 4.78 is 0. The van der Waals surface area contributed by atoms with Crippen molar-refractivity contribution in [2.45, 2.75) is 0 Å². The van der Waals surface area contributed by atoms with Gasteiger partial charge in [-0.3, -0.25) is 4.89 Å². The van der Waals surface area contributed by atoms with Crippen molar-refractivity contribution in [1.82, 2.24) is 0 Å². The van der Waals surface area contributed by atoms with E-state index in [4.69, 9.17) is 5.11 Å². The van der Waals surface area contributed by atoms with Crippen LogP contribution in [0.15, 0.2) is 30.3 Å². The van der Waals surface area contributed by atoms with Crippen LogP contribution in [-0.4, -0.2) is 17.2 Å². The minimum Gasteiger partial charge on any atom is -0.448 e. The first-order valence-corrected chi connectivity index (χ1v) is 3.53. The molecule has 6 heteroatoms. The number of hydrogen-bond donors (Lipinski definition) is 1. The third-order valence-electron chi connectivity index (χ3n) is 1.22. The van der Waals surface area contributed by atoms with E-state index in [9.17, 15) is 9.59 Å². The molecule has 1 N–H and O–H groups in total. The lowest BCUT2D eigenvalue weighted by Crippen LogP contribution is -2.09. The Bertz CT molecular complexity index is 320. The van der Waals surface area contributed by atoms with Gasteiger partial charge < -0.3 is 5.11 Å². The summed E-state index contributed by atoms with van der Waals surface area (Å²) in [5.74, 6) is -0.841. The van der Waals surface area contributed by atoms with Gasteiger partial charge in [-0.15, -0.1) is 0 Å². The lowest BCUT2D eigenvalue weighted by atomic mass is 10.2. The van der Waals surface area contributed by atoms with Gasteiger partial charge in [0.15, 0.2) is 0 Å². The van der Waals surface area contributed by atoms with Gasteiger partial charge in [-0.2, -0.15) is 0 Å². The molecule has 0 fully saturated rings. The maximum Gasteiger partial charge on any atom is 0.540 e. The van der Waals surface area contributed by atoms with Crippen LogP contribution in [0.5, 0.6) is 0 Å². The molecule has 1 aromatic rings. The molecule has 0 aromatic heterocycles. The molecule has 0 radical (unpaired) electrons. The zero-order chi connectivity index (χ0) is 10.4. The summed E-state index contributed by atoms with van der Waals surface area (Å²) in [6.45, 7) is 0. The van der Waals surface area contributed by atoms with Crippen molar-refractivity contribution in [1.29, 1.82) is 0 Å². The van der Waals surface area contributed by atoms with Crippen LogP contribution in [0.3, 0.4) is 0 Å². The minimum absolute atomic E-state index is 0.224. The standard InChI is InChI=1S/C8H6O6/c9-7(12-14-13-8(10)11)6-4-2-1-3-5-6/h1-5H,(H,10,11). The second kappa shape index (κ2) is 4.83. The molecule has 6 nitrogen and oxygen atoms in total. The van der Waals surface area contributed by atoms with Gasteiger partial charge in [0.05, 0.1) is 10.6 Å². The summed E-state index contributed by atoms with van der Waals surface area (Å²) in [5, 5.41) is 11.6. The Morgan fingerprint density at radius 2 is 1.71 bits per heavy atom. The van der Waals surface area contributed by atoms with Crippen LogP contribution < -0.4 is 0 Å². The second-order valence-electron chi connectivity index (χ2n) is 2.15. The molecule has 0 heterocycles. The molecule has 0 saturated carbocycles. The van der Waals surface area contributed by atoms with Crippen molar-refractivity contribution < 1.29 is 29.5 Å². The van der Waals surface area contributed by atoms with E-state index < -0.39 is 12.1 Å². The van der Waals surface area contributed by atoms with Gasteiger partial charge in [0.25, 0.3) is 0 Å². The van der Waals surface area contributed by atoms with Crippen LogP contribution in [-0.2, 0) is 14.8 Å². The Hall–Kier alpha value is -2.08. The van der Waals surface area contributed by atoms with Crippen molar-refractivity contribution in [3.8, 4) is 0 Å². The second-order valence-corrected chi connectivity index (χ2v) is 2.15. The maximum atomic E-state index is 11.0. The highest BCUT2D eigenvalue weighted by atomic mass is 17.5. The normalized spacial score (nSPS) is 9.14. The van der Waals surface area contributed by atoms with Gasteiger partial charge in [0, 0.05) is 0 Å². The Morgan fingerprint density at radius 1 is 1.07 bits per heavy atom. The van der Waals surface area contributed by atoms with E-state index in [-0.39, 0.29) is 5.56 Å². The topological polar surface area (TPSA) is 82.1 Å². The van der Waals surface area contributed by atoms with Crippen LogP contribution in [0.1, 0.15) is 10.4 Å². The summed E-state index contributed by atoms with van der Waals surface area (Å²) in [4.78, 5) is 28.3. The van der Waals surface area contributed by atoms with Crippen LogP contribution >= 0.6 is 0 Å². The van der Waals surface area contributed by atoms with Gasteiger partial charge in [-0.05, 0) is 12.1 Å². The van der Waals surface area contributed by atoms with E-state index in [0.29, 0.717) is 0 Å². The first-order chi connectivity index (χ1) is 6.70. The van der Waals surface area contributed by atoms with Gasteiger partial charge in [-0.1, -0.05) is 18.2 Å². The van der Waals surface area contributed by atoms with Gasteiger partial charge in [0.1, 0.15) is 0 Å². The van der Waals surface area contributed by atoms with E-state index >= 15 is 0 Å². The van der Waals surface area contributed by atoms with E-state index in [1.54, 1.807) is 18.2 Å². The summed E-state index contributed by atoms with van der Waals surface area (Å²) in [6, 6.07) is 7.91. The van der Waals surface area contributed by atoms with Gasteiger partial charge in [0.2, 0.25) is 0 Å². The molecule has 0 aliphatic heterocycles. The monoisotopic (exact) mass is 198 g/mol. The number of benzene rings is 1. The van der Waals surface area contributed by atoms with Crippen molar-refractivity contribution in [3.05, 3.63) is 35.9 Å². The van der Waals surface area contributed by atoms with E-state index in [1.165, 1.54) is 12.1 Å². The minimum atomic E-state index is -1.70. The summed E-state index contributed by atoms with van der Waals surface area (Å²) in [7, 11) is 0. The lowest BCUT2D eigenvalue weighted by molar-refractivity contribution is -0.451. The largest absolute Gasteiger partial charge is 0.540 e. The van der Waals surface area contributed by atoms with Crippen molar-refractivity contribution in [2.24, 2.45) is 0 Å². The van der Waals surface area contributed by atoms with Crippen molar-refractivity contribution in [3.63, 3.8) is 0 Å². The zero-order valence-electron chi connectivity index (χ0n) is 6.88. The van der Waals surface area contributed by atoms with Crippen LogP contribution in [0.4, 0.5) is 4.79 Å². The fourth-order valence-electron chi connectivity index (χ4n) is 0.699. The number of carbonyl (C=O) groups excluding carboxylic acids is 1. The molecule has 0 saturated heterocycles. The number of rotatable bonds is 3. The molecule has 1 rings (SSSR count). The molecule has 0 amide bonds. The number of carboxylic acid groups (broad SMARTS) is 1. The number of carbonyl (C=O) groups is 2. The molecule has 0 spiro atoms. The average molecular weight is 198 g/mol. The highest BCUT2D eigenvalue weighted by molar-refractivity contribution is 5.88. The molecule has 0 aliphatic carbocycles. The third kappa shape index (κ3) is 3.11. The molecule has 0 aliphatic rings. The number of hydrogen-bond acceptors (Lipinski definition) is 5. The van der Waals surface area contributed by atoms with Crippen LogP contribution in [0, 0.1) is 0 Å². The fraction of sp³-hybridized carbons (Fsp3) is 0. The molecular weight excluding hydrogens is 192 g/mol. The van der Waals surface area contributed by atoms with E-state index in [1.807, 2.05) is 0 Å². The smallest absolute Gasteiger partial charge is 0.448 e.